The molecule has 5 heteroatoms. The molecule has 1 heterocycles. The summed E-state index contributed by atoms with van der Waals surface area (Å²) in [5, 5.41) is 2.93. The van der Waals surface area contributed by atoms with E-state index in [1.807, 2.05) is 20.8 Å². The van der Waals surface area contributed by atoms with E-state index in [0.29, 0.717) is 12.4 Å². The molecule has 88 valence electrons. The van der Waals surface area contributed by atoms with Crippen molar-refractivity contribution in [3.05, 3.63) is 33.8 Å². The Hall–Kier alpha value is -1.10. The van der Waals surface area contributed by atoms with Crippen molar-refractivity contribution in [2.75, 3.05) is 11.9 Å². The lowest BCUT2D eigenvalue weighted by Gasteiger charge is -2.22. The largest absolute Gasteiger partial charge is 0.361 e. The molecule has 4 nitrogen and oxygen atoms in total. The number of halogens is 1. The minimum Gasteiger partial charge on any atom is -0.361 e. The summed E-state index contributed by atoms with van der Waals surface area (Å²) in [6, 6.07) is 0. The second kappa shape index (κ2) is 4.82. The summed E-state index contributed by atoms with van der Waals surface area (Å²) in [6.07, 6.45) is 3.31. The SMILES string of the molecule is C=C(Br)CNc1nccn(C(C)(C)C)c1=O. The summed E-state index contributed by atoms with van der Waals surface area (Å²) in [4.78, 5) is 16.0. The van der Waals surface area contributed by atoms with E-state index in [2.05, 4.69) is 32.8 Å². The van der Waals surface area contributed by atoms with Crippen LogP contribution >= 0.6 is 15.9 Å². The van der Waals surface area contributed by atoms with E-state index in [1.54, 1.807) is 17.0 Å². The van der Waals surface area contributed by atoms with Crippen molar-refractivity contribution in [3.63, 3.8) is 0 Å². The van der Waals surface area contributed by atoms with Crippen molar-refractivity contribution in [3.8, 4) is 0 Å². The normalized spacial score (nSPS) is 11.2. The van der Waals surface area contributed by atoms with Gasteiger partial charge in [0.15, 0.2) is 5.82 Å². The fraction of sp³-hybridized carbons (Fsp3) is 0.455. The smallest absolute Gasteiger partial charge is 0.293 e. The number of hydrogen-bond donors (Lipinski definition) is 1. The van der Waals surface area contributed by atoms with Gasteiger partial charge in [-0.05, 0) is 20.8 Å². The standard InChI is InChI=1S/C11H16BrN3O/c1-8(12)7-14-9-10(16)15(6-5-13-9)11(2,3)4/h5-6H,1,7H2,2-4H3,(H,13,14). The van der Waals surface area contributed by atoms with E-state index >= 15 is 0 Å². The molecule has 0 bridgehead atoms. The van der Waals surface area contributed by atoms with Gasteiger partial charge in [0.25, 0.3) is 5.56 Å². The lowest BCUT2D eigenvalue weighted by atomic mass is 10.1. The van der Waals surface area contributed by atoms with E-state index < -0.39 is 0 Å². The van der Waals surface area contributed by atoms with Crippen LogP contribution in [-0.2, 0) is 5.54 Å². The first-order valence-electron chi connectivity index (χ1n) is 4.97. The first-order valence-corrected chi connectivity index (χ1v) is 5.77. The summed E-state index contributed by atoms with van der Waals surface area (Å²) >= 11 is 3.22. The molecule has 0 spiro atoms. The Bertz CT molecular complexity index is 445. The van der Waals surface area contributed by atoms with Gasteiger partial charge in [-0.15, -0.1) is 0 Å². The molecule has 1 aromatic rings. The minimum absolute atomic E-state index is 0.122. The number of rotatable bonds is 3. The third kappa shape index (κ3) is 3.20. The topological polar surface area (TPSA) is 46.9 Å². The predicted octanol–water partition coefficient (Wildman–Crippen LogP) is 2.32. The van der Waals surface area contributed by atoms with Crippen molar-refractivity contribution in [1.82, 2.24) is 9.55 Å². The molecule has 1 N–H and O–H groups in total. The predicted molar refractivity (Wildman–Crippen MR) is 70.0 cm³/mol. The zero-order chi connectivity index (χ0) is 12.3. The van der Waals surface area contributed by atoms with Gasteiger partial charge in [0.1, 0.15) is 0 Å². The Balaban J connectivity index is 3.05. The highest BCUT2D eigenvalue weighted by Gasteiger charge is 2.16. The molecule has 0 aromatic carbocycles. The molecule has 0 atom stereocenters. The van der Waals surface area contributed by atoms with E-state index in [0.717, 1.165) is 4.48 Å². The fourth-order valence-corrected chi connectivity index (χ4v) is 1.38. The first-order chi connectivity index (χ1) is 7.32. The van der Waals surface area contributed by atoms with Gasteiger partial charge < -0.3 is 9.88 Å². The number of anilines is 1. The molecule has 16 heavy (non-hydrogen) atoms. The Kier molecular flexibility index (Phi) is 3.91. The Morgan fingerprint density at radius 1 is 1.62 bits per heavy atom. The average molecular weight is 286 g/mol. The first kappa shape index (κ1) is 13.0. The summed E-state index contributed by atoms with van der Waals surface area (Å²) in [6.45, 7) is 10.1. The van der Waals surface area contributed by atoms with Crippen molar-refractivity contribution in [2.24, 2.45) is 0 Å². The number of nitrogens with one attached hydrogen (secondary N) is 1. The molecular formula is C11H16BrN3O. The van der Waals surface area contributed by atoms with Crippen LogP contribution in [0.25, 0.3) is 0 Å². The van der Waals surface area contributed by atoms with Gasteiger partial charge in [-0.1, -0.05) is 22.5 Å². The van der Waals surface area contributed by atoms with E-state index in [4.69, 9.17) is 0 Å². The van der Waals surface area contributed by atoms with Crippen molar-refractivity contribution in [2.45, 2.75) is 26.3 Å². The Labute approximate surface area is 104 Å². The van der Waals surface area contributed by atoms with Gasteiger partial charge in [0.2, 0.25) is 0 Å². The fourth-order valence-electron chi connectivity index (χ4n) is 1.24. The molecule has 0 aliphatic carbocycles. The summed E-state index contributed by atoms with van der Waals surface area (Å²) in [7, 11) is 0. The highest BCUT2D eigenvalue weighted by molar-refractivity contribution is 9.11. The summed E-state index contributed by atoms with van der Waals surface area (Å²) in [5.41, 5.74) is -0.370. The molecule has 0 radical (unpaired) electrons. The molecule has 0 unspecified atom stereocenters. The van der Waals surface area contributed by atoms with Crippen molar-refractivity contribution in [1.29, 1.82) is 0 Å². The zero-order valence-electron chi connectivity index (χ0n) is 9.75. The van der Waals surface area contributed by atoms with Crippen LogP contribution in [0.3, 0.4) is 0 Å². The van der Waals surface area contributed by atoms with Gasteiger partial charge in [-0.2, -0.15) is 0 Å². The van der Waals surface area contributed by atoms with Crippen LogP contribution < -0.4 is 10.9 Å². The van der Waals surface area contributed by atoms with E-state index in [9.17, 15) is 4.79 Å². The van der Waals surface area contributed by atoms with Gasteiger partial charge in [0, 0.05) is 29.0 Å². The van der Waals surface area contributed by atoms with E-state index in [1.165, 1.54) is 0 Å². The van der Waals surface area contributed by atoms with Gasteiger partial charge in [-0.3, -0.25) is 4.79 Å². The molecule has 1 aromatic heterocycles. The number of hydrogen-bond acceptors (Lipinski definition) is 3. The summed E-state index contributed by atoms with van der Waals surface area (Å²) in [5.74, 6) is 0.345. The maximum atomic E-state index is 12.0. The molecule has 0 aliphatic heterocycles. The van der Waals surface area contributed by atoms with Crippen LogP contribution in [0.2, 0.25) is 0 Å². The monoisotopic (exact) mass is 285 g/mol. The quantitative estimate of drug-likeness (QED) is 0.927. The lowest BCUT2D eigenvalue weighted by molar-refractivity contribution is 0.383. The maximum absolute atomic E-state index is 12.0. The van der Waals surface area contributed by atoms with E-state index in [-0.39, 0.29) is 11.1 Å². The van der Waals surface area contributed by atoms with Crippen LogP contribution in [0.1, 0.15) is 20.8 Å². The molecule has 0 fully saturated rings. The van der Waals surface area contributed by atoms with Crippen LogP contribution in [0.4, 0.5) is 5.82 Å². The molecule has 0 amide bonds. The molecule has 0 saturated heterocycles. The van der Waals surface area contributed by atoms with Gasteiger partial charge >= 0.3 is 0 Å². The summed E-state index contributed by atoms with van der Waals surface area (Å²) < 4.78 is 2.43. The highest BCUT2D eigenvalue weighted by Crippen LogP contribution is 2.11. The highest BCUT2D eigenvalue weighted by atomic mass is 79.9. The zero-order valence-corrected chi connectivity index (χ0v) is 11.3. The lowest BCUT2D eigenvalue weighted by Crippen LogP contribution is -2.35. The number of nitrogens with zero attached hydrogens (tertiary/aromatic N) is 2. The molecule has 0 aliphatic rings. The van der Waals surface area contributed by atoms with Crippen LogP contribution in [0.5, 0.6) is 0 Å². The molecule has 1 rings (SSSR count). The van der Waals surface area contributed by atoms with Crippen LogP contribution in [-0.4, -0.2) is 16.1 Å². The Morgan fingerprint density at radius 3 is 2.75 bits per heavy atom. The molecular weight excluding hydrogens is 270 g/mol. The second-order valence-electron chi connectivity index (χ2n) is 4.49. The number of aromatic nitrogens is 2. The third-order valence-electron chi connectivity index (χ3n) is 2.01. The third-order valence-corrected chi connectivity index (χ3v) is 2.29. The van der Waals surface area contributed by atoms with Crippen LogP contribution in [0, 0.1) is 0 Å². The van der Waals surface area contributed by atoms with Gasteiger partial charge in [-0.25, -0.2) is 4.98 Å². The maximum Gasteiger partial charge on any atom is 0.293 e. The second-order valence-corrected chi connectivity index (χ2v) is 5.61. The average Bonchev–Trinajstić information content (AvgIpc) is 2.14. The molecule has 0 saturated carbocycles. The minimum atomic E-state index is -0.248. The van der Waals surface area contributed by atoms with Gasteiger partial charge in [0.05, 0.1) is 0 Å². The van der Waals surface area contributed by atoms with Crippen LogP contribution in [0.15, 0.2) is 28.2 Å². The Morgan fingerprint density at radius 2 is 2.25 bits per heavy atom. The van der Waals surface area contributed by atoms with Crippen molar-refractivity contribution < 1.29 is 0 Å². The van der Waals surface area contributed by atoms with Crippen molar-refractivity contribution >= 4 is 21.7 Å².